The highest BCUT2D eigenvalue weighted by Crippen LogP contribution is 2.34. The number of anilines is 1. The van der Waals surface area contributed by atoms with Gasteiger partial charge in [-0.15, -0.1) is 0 Å². The second-order valence-electron chi connectivity index (χ2n) is 5.42. The van der Waals surface area contributed by atoms with Gasteiger partial charge in [-0.2, -0.15) is 4.37 Å². The maximum absolute atomic E-state index is 4.67. The van der Waals surface area contributed by atoms with Crippen molar-refractivity contribution in [2.75, 3.05) is 24.5 Å². The molecule has 2 heterocycles. The molecule has 1 aliphatic heterocycles. The molecule has 1 aliphatic carbocycles. The van der Waals surface area contributed by atoms with Gasteiger partial charge < -0.3 is 10.2 Å². The summed E-state index contributed by atoms with van der Waals surface area (Å²) in [7, 11) is 0. The lowest BCUT2D eigenvalue weighted by atomic mass is 9.97. The predicted molar refractivity (Wildman–Crippen MR) is 75.2 cm³/mol. The van der Waals surface area contributed by atoms with Crippen LogP contribution in [-0.4, -0.2) is 35.0 Å². The summed E-state index contributed by atoms with van der Waals surface area (Å²) in [4.78, 5) is 7.21. The van der Waals surface area contributed by atoms with Crippen LogP contribution in [0, 0.1) is 5.92 Å². The van der Waals surface area contributed by atoms with E-state index in [0.29, 0.717) is 0 Å². The lowest BCUT2D eigenvalue weighted by molar-refractivity contribution is 0.372. The summed E-state index contributed by atoms with van der Waals surface area (Å²) in [5.74, 6) is 1.84. The molecule has 0 radical (unpaired) electrons. The lowest BCUT2D eigenvalue weighted by Gasteiger charge is -2.29. The van der Waals surface area contributed by atoms with E-state index in [1.165, 1.54) is 45.3 Å². The van der Waals surface area contributed by atoms with E-state index >= 15 is 0 Å². The van der Waals surface area contributed by atoms with Crippen LogP contribution >= 0.6 is 11.5 Å². The molecule has 18 heavy (non-hydrogen) atoms. The van der Waals surface area contributed by atoms with Gasteiger partial charge in [-0.25, -0.2) is 4.98 Å². The molecule has 4 nitrogen and oxygen atoms in total. The van der Waals surface area contributed by atoms with Gasteiger partial charge in [0.25, 0.3) is 0 Å². The van der Waals surface area contributed by atoms with E-state index in [4.69, 9.17) is 0 Å². The summed E-state index contributed by atoms with van der Waals surface area (Å²) in [6, 6.07) is 0.748. The number of hydrogen-bond donors (Lipinski definition) is 1. The van der Waals surface area contributed by atoms with E-state index in [1.54, 1.807) is 11.5 Å². The van der Waals surface area contributed by atoms with Gasteiger partial charge in [0.05, 0.1) is 0 Å². The van der Waals surface area contributed by atoms with Gasteiger partial charge in [0.15, 0.2) is 0 Å². The molecule has 100 valence electrons. The van der Waals surface area contributed by atoms with Gasteiger partial charge in [0.2, 0.25) is 5.13 Å². The standard InChI is InChI=1S/C13H22N4S/c1-2-12-15-13(18-16-12)17(11-3-4-11)9-10-5-7-14-8-6-10/h10-11,14H,2-9H2,1H3. The lowest BCUT2D eigenvalue weighted by Crippen LogP contribution is -2.37. The van der Waals surface area contributed by atoms with Crippen molar-refractivity contribution in [1.29, 1.82) is 0 Å². The van der Waals surface area contributed by atoms with Crippen LogP contribution in [0.4, 0.5) is 5.13 Å². The van der Waals surface area contributed by atoms with Crippen molar-refractivity contribution in [2.45, 2.75) is 45.1 Å². The molecule has 0 spiro atoms. The van der Waals surface area contributed by atoms with Crippen LogP contribution in [0.3, 0.4) is 0 Å². The van der Waals surface area contributed by atoms with E-state index in [9.17, 15) is 0 Å². The third-order valence-electron chi connectivity index (χ3n) is 3.92. The van der Waals surface area contributed by atoms with E-state index in [2.05, 4.69) is 26.5 Å². The zero-order valence-electron chi connectivity index (χ0n) is 11.1. The van der Waals surface area contributed by atoms with Gasteiger partial charge in [-0.1, -0.05) is 6.92 Å². The number of aryl methyl sites for hydroxylation is 1. The molecule has 1 saturated carbocycles. The van der Waals surface area contributed by atoms with Crippen LogP contribution in [0.2, 0.25) is 0 Å². The molecule has 0 amide bonds. The van der Waals surface area contributed by atoms with Crippen LogP contribution < -0.4 is 10.2 Å². The van der Waals surface area contributed by atoms with E-state index < -0.39 is 0 Å². The van der Waals surface area contributed by atoms with Crippen LogP contribution in [0.15, 0.2) is 0 Å². The first-order chi connectivity index (χ1) is 8.86. The molecule has 3 rings (SSSR count). The SMILES string of the molecule is CCc1nsc(N(CC2CCNCC2)C2CC2)n1. The maximum Gasteiger partial charge on any atom is 0.205 e. The Hall–Kier alpha value is -0.680. The average Bonchev–Trinajstić information content (AvgIpc) is 3.14. The molecule has 0 bridgehead atoms. The molecule has 1 aromatic rings. The Kier molecular flexibility index (Phi) is 3.80. The summed E-state index contributed by atoms with van der Waals surface area (Å²) in [5, 5.41) is 4.60. The molecule has 0 atom stereocenters. The fourth-order valence-electron chi connectivity index (χ4n) is 2.62. The minimum absolute atomic E-state index is 0.748. The van der Waals surface area contributed by atoms with Crippen LogP contribution in [0.1, 0.15) is 38.4 Å². The Morgan fingerprint density at radius 1 is 1.28 bits per heavy atom. The van der Waals surface area contributed by atoms with Crippen molar-refractivity contribution in [1.82, 2.24) is 14.7 Å². The number of nitrogens with zero attached hydrogens (tertiary/aromatic N) is 3. The largest absolute Gasteiger partial charge is 0.344 e. The Labute approximate surface area is 113 Å². The summed E-state index contributed by atoms with van der Waals surface area (Å²) < 4.78 is 4.44. The smallest absolute Gasteiger partial charge is 0.205 e. The fraction of sp³-hybridized carbons (Fsp3) is 0.846. The molecule has 0 unspecified atom stereocenters. The Morgan fingerprint density at radius 3 is 2.67 bits per heavy atom. The van der Waals surface area contributed by atoms with Crippen molar-refractivity contribution in [3.63, 3.8) is 0 Å². The summed E-state index contributed by atoms with van der Waals surface area (Å²) >= 11 is 1.59. The first-order valence-electron chi connectivity index (χ1n) is 7.16. The average molecular weight is 266 g/mol. The Morgan fingerprint density at radius 2 is 2.06 bits per heavy atom. The van der Waals surface area contributed by atoms with Crippen LogP contribution in [0.5, 0.6) is 0 Å². The van der Waals surface area contributed by atoms with Crippen molar-refractivity contribution in [3.05, 3.63) is 5.82 Å². The minimum Gasteiger partial charge on any atom is -0.344 e. The Bertz CT molecular complexity index is 382. The quantitative estimate of drug-likeness (QED) is 0.886. The second kappa shape index (κ2) is 5.53. The van der Waals surface area contributed by atoms with Crippen molar-refractivity contribution in [3.8, 4) is 0 Å². The molecule has 2 aliphatic rings. The van der Waals surface area contributed by atoms with Crippen LogP contribution in [0.25, 0.3) is 0 Å². The summed E-state index contributed by atoms with van der Waals surface area (Å²) in [6.45, 7) is 5.67. The van der Waals surface area contributed by atoms with Gasteiger partial charge in [-0.3, -0.25) is 0 Å². The molecule has 5 heteroatoms. The number of aromatic nitrogens is 2. The van der Waals surface area contributed by atoms with Crippen molar-refractivity contribution >= 4 is 16.7 Å². The Balaban J connectivity index is 1.67. The van der Waals surface area contributed by atoms with Crippen LogP contribution in [-0.2, 0) is 6.42 Å². The topological polar surface area (TPSA) is 41.1 Å². The maximum atomic E-state index is 4.67. The number of rotatable bonds is 5. The first kappa shape index (κ1) is 12.4. The highest BCUT2D eigenvalue weighted by atomic mass is 32.1. The molecule has 0 aromatic carbocycles. The molecule has 1 N–H and O–H groups in total. The third-order valence-corrected chi connectivity index (χ3v) is 4.71. The van der Waals surface area contributed by atoms with Crippen molar-refractivity contribution < 1.29 is 0 Å². The fourth-order valence-corrected chi connectivity index (χ4v) is 3.45. The summed E-state index contributed by atoms with van der Waals surface area (Å²) in [5.41, 5.74) is 0. The zero-order valence-corrected chi connectivity index (χ0v) is 11.9. The highest BCUT2D eigenvalue weighted by Gasteiger charge is 2.33. The number of nitrogens with one attached hydrogen (secondary N) is 1. The van der Waals surface area contributed by atoms with Gasteiger partial charge in [0, 0.05) is 30.5 Å². The van der Waals surface area contributed by atoms with Crippen molar-refractivity contribution in [2.24, 2.45) is 5.92 Å². The monoisotopic (exact) mass is 266 g/mol. The normalized spacial score (nSPS) is 21.2. The third kappa shape index (κ3) is 2.83. The predicted octanol–water partition coefficient (Wildman–Crippen LogP) is 2.07. The highest BCUT2D eigenvalue weighted by molar-refractivity contribution is 7.09. The molecular weight excluding hydrogens is 244 g/mol. The molecule has 1 aromatic heterocycles. The second-order valence-corrected chi connectivity index (χ2v) is 6.15. The first-order valence-corrected chi connectivity index (χ1v) is 7.94. The van der Waals surface area contributed by atoms with E-state index in [-0.39, 0.29) is 0 Å². The minimum atomic E-state index is 0.748. The molecule has 2 fully saturated rings. The van der Waals surface area contributed by atoms with E-state index in [0.717, 1.165) is 29.3 Å². The van der Waals surface area contributed by atoms with E-state index in [1.807, 2.05) is 0 Å². The van der Waals surface area contributed by atoms with Gasteiger partial charge in [-0.05, 0) is 44.7 Å². The summed E-state index contributed by atoms with van der Waals surface area (Å²) in [6.07, 6.45) is 6.24. The zero-order chi connectivity index (χ0) is 12.4. The molecule has 1 saturated heterocycles. The van der Waals surface area contributed by atoms with Gasteiger partial charge >= 0.3 is 0 Å². The molecular formula is C13H22N4S. The number of hydrogen-bond acceptors (Lipinski definition) is 5. The van der Waals surface area contributed by atoms with Gasteiger partial charge in [0.1, 0.15) is 5.82 Å². The number of piperidine rings is 1.